The average Bonchev–Trinajstić information content (AvgIpc) is 3.12. The Kier molecular flexibility index (Phi) is 6.87. The lowest BCUT2D eigenvalue weighted by molar-refractivity contribution is 0.0628. The zero-order chi connectivity index (χ0) is 21.0. The first-order chi connectivity index (χ1) is 14.5. The number of carbonyl (C=O) groups excluding carboxylic acids is 1. The summed E-state index contributed by atoms with van der Waals surface area (Å²) < 4.78 is 27.4. The highest BCUT2D eigenvalue weighted by Crippen LogP contribution is 2.21. The molecule has 1 aromatic carbocycles. The van der Waals surface area contributed by atoms with Gasteiger partial charge in [0.15, 0.2) is 0 Å². The minimum atomic E-state index is -3.48. The molecule has 0 radical (unpaired) electrons. The lowest BCUT2D eigenvalue weighted by atomic mass is 10.2. The molecule has 6 nitrogen and oxygen atoms in total. The number of nitrogens with zero attached hydrogens (tertiary/aromatic N) is 3. The van der Waals surface area contributed by atoms with Crippen LogP contribution in [0.25, 0.3) is 0 Å². The molecule has 0 spiro atoms. The molecule has 0 N–H and O–H groups in total. The molecule has 2 aromatic rings. The quantitative estimate of drug-likeness (QED) is 0.706. The minimum Gasteiger partial charge on any atom is -0.336 e. The van der Waals surface area contributed by atoms with Crippen LogP contribution in [0.15, 0.2) is 46.0 Å². The maximum atomic E-state index is 12.9. The van der Waals surface area contributed by atoms with Crippen LogP contribution < -0.4 is 0 Å². The Morgan fingerprint density at radius 3 is 2.13 bits per heavy atom. The van der Waals surface area contributed by atoms with Gasteiger partial charge in [0, 0.05) is 51.4 Å². The Morgan fingerprint density at radius 1 is 0.867 bits per heavy atom. The molecule has 2 aliphatic heterocycles. The summed E-state index contributed by atoms with van der Waals surface area (Å²) in [7, 11) is -3.48. The number of hydrogen-bond donors (Lipinski definition) is 0. The molecule has 0 aliphatic carbocycles. The molecular formula is C22H29N3O3S2. The molecule has 1 aromatic heterocycles. The van der Waals surface area contributed by atoms with Crippen molar-refractivity contribution < 1.29 is 13.2 Å². The molecule has 2 aliphatic rings. The van der Waals surface area contributed by atoms with Gasteiger partial charge in [0.05, 0.1) is 4.90 Å². The van der Waals surface area contributed by atoms with Gasteiger partial charge >= 0.3 is 0 Å². The van der Waals surface area contributed by atoms with Crippen molar-refractivity contribution in [1.29, 1.82) is 0 Å². The van der Waals surface area contributed by atoms with Gasteiger partial charge in [-0.1, -0.05) is 12.8 Å². The third-order valence-corrected chi connectivity index (χ3v) is 8.59. The first-order valence-corrected chi connectivity index (χ1v) is 13.1. The second kappa shape index (κ2) is 9.60. The molecule has 0 bridgehead atoms. The zero-order valence-electron chi connectivity index (χ0n) is 17.2. The van der Waals surface area contributed by atoms with Gasteiger partial charge in [0.2, 0.25) is 10.0 Å². The molecule has 30 heavy (non-hydrogen) atoms. The van der Waals surface area contributed by atoms with Crippen molar-refractivity contribution in [2.24, 2.45) is 0 Å². The summed E-state index contributed by atoms with van der Waals surface area (Å²) in [6.07, 6.45) is 3.99. The third-order valence-electron chi connectivity index (χ3n) is 5.95. The van der Waals surface area contributed by atoms with E-state index in [1.165, 1.54) is 5.56 Å². The fourth-order valence-corrected chi connectivity index (χ4v) is 6.31. The number of carbonyl (C=O) groups is 1. The van der Waals surface area contributed by atoms with E-state index in [0.717, 1.165) is 45.3 Å². The Hall–Kier alpha value is -1.74. The Morgan fingerprint density at radius 2 is 1.53 bits per heavy atom. The van der Waals surface area contributed by atoms with Crippen LogP contribution in [0.4, 0.5) is 0 Å². The van der Waals surface area contributed by atoms with Gasteiger partial charge in [0.25, 0.3) is 5.91 Å². The van der Waals surface area contributed by atoms with Crippen LogP contribution in [0.5, 0.6) is 0 Å². The summed E-state index contributed by atoms with van der Waals surface area (Å²) in [5.41, 5.74) is 1.87. The maximum Gasteiger partial charge on any atom is 0.253 e. The topological polar surface area (TPSA) is 60.9 Å². The molecule has 0 unspecified atom stereocenters. The predicted molar refractivity (Wildman–Crippen MR) is 119 cm³/mol. The largest absolute Gasteiger partial charge is 0.336 e. The van der Waals surface area contributed by atoms with Crippen molar-refractivity contribution in [3.8, 4) is 0 Å². The molecule has 8 heteroatoms. The summed E-state index contributed by atoms with van der Waals surface area (Å²) in [4.78, 5) is 17.4. The Bertz CT molecular complexity index is 927. The van der Waals surface area contributed by atoms with Crippen LogP contribution in [-0.2, 0) is 16.6 Å². The van der Waals surface area contributed by atoms with Crippen molar-refractivity contribution >= 4 is 27.3 Å². The number of amides is 1. The van der Waals surface area contributed by atoms with E-state index in [1.54, 1.807) is 39.9 Å². The van der Waals surface area contributed by atoms with Crippen molar-refractivity contribution in [3.63, 3.8) is 0 Å². The third kappa shape index (κ3) is 4.94. The van der Waals surface area contributed by atoms with Gasteiger partial charge < -0.3 is 4.90 Å². The van der Waals surface area contributed by atoms with E-state index >= 15 is 0 Å². The molecule has 1 amide bonds. The van der Waals surface area contributed by atoms with Crippen LogP contribution >= 0.6 is 11.3 Å². The van der Waals surface area contributed by atoms with E-state index in [4.69, 9.17) is 0 Å². The van der Waals surface area contributed by atoms with Crippen molar-refractivity contribution in [1.82, 2.24) is 14.1 Å². The van der Waals surface area contributed by atoms with Crippen LogP contribution in [-0.4, -0.2) is 67.7 Å². The Balaban J connectivity index is 1.36. The number of piperazine rings is 1. The van der Waals surface area contributed by atoms with Gasteiger partial charge in [-0.15, -0.1) is 0 Å². The second-order valence-electron chi connectivity index (χ2n) is 8.04. The number of hydrogen-bond acceptors (Lipinski definition) is 5. The Labute approximate surface area is 183 Å². The standard InChI is InChI=1S/C22H29N3O3S2/c26-22(24-14-12-23(13-15-24)17-19-9-16-29-18-19)20-5-7-21(8-6-20)30(27,28)25-10-3-1-2-4-11-25/h5-9,16,18H,1-4,10-15,17H2. The average molecular weight is 448 g/mol. The lowest BCUT2D eigenvalue weighted by Gasteiger charge is -2.34. The minimum absolute atomic E-state index is 0.0242. The maximum absolute atomic E-state index is 12.9. The monoisotopic (exact) mass is 447 g/mol. The van der Waals surface area contributed by atoms with Crippen LogP contribution in [0.1, 0.15) is 41.6 Å². The molecule has 4 rings (SSSR count). The van der Waals surface area contributed by atoms with Gasteiger partial charge in [-0.05, 0) is 59.5 Å². The lowest BCUT2D eigenvalue weighted by Crippen LogP contribution is -2.48. The summed E-state index contributed by atoms with van der Waals surface area (Å²) >= 11 is 1.71. The summed E-state index contributed by atoms with van der Waals surface area (Å²) in [5, 5.41) is 4.25. The van der Waals surface area contributed by atoms with Crippen LogP contribution in [0.2, 0.25) is 0 Å². The first kappa shape index (κ1) is 21.5. The van der Waals surface area contributed by atoms with E-state index in [-0.39, 0.29) is 10.8 Å². The molecular weight excluding hydrogens is 418 g/mol. The smallest absolute Gasteiger partial charge is 0.253 e. The second-order valence-corrected chi connectivity index (χ2v) is 10.8. The molecule has 0 atom stereocenters. The van der Waals surface area contributed by atoms with Gasteiger partial charge in [-0.25, -0.2) is 8.42 Å². The van der Waals surface area contributed by atoms with Gasteiger partial charge in [-0.3, -0.25) is 9.69 Å². The molecule has 0 saturated carbocycles. The molecule has 2 saturated heterocycles. The van der Waals surface area contributed by atoms with Crippen molar-refractivity contribution in [3.05, 3.63) is 52.2 Å². The molecule has 2 fully saturated rings. The SMILES string of the molecule is O=C(c1ccc(S(=O)(=O)N2CCCCCC2)cc1)N1CCN(Cc2ccsc2)CC1. The van der Waals surface area contributed by atoms with E-state index in [0.29, 0.717) is 31.7 Å². The number of rotatable bonds is 5. The van der Waals surface area contributed by atoms with E-state index < -0.39 is 10.0 Å². The normalized spacial score (nSPS) is 19.5. The molecule has 3 heterocycles. The first-order valence-electron chi connectivity index (χ1n) is 10.7. The van der Waals surface area contributed by atoms with Crippen LogP contribution in [0.3, 0.4) is 0 Å². The summed E-state index contributed by atoms with van der Waals surface area (Å²) in [6.45, 7) is 5.17. The van der Waals surface area contributed by atoms with Gasteiger partial charge in [0.1, 0.15) is 0 Å². The van der Waals surface area contributed by atoms with Crippen LogP contribution in [0, 0.1) is 0 Å². The summed E-state index contributed by atoms with van der Waals surface area (Å²) in [5.74, 6) is -0.0242. The highest BCUT2D eigenvalue weighted by Gasteiger charge is 2.26. The summed E-state index contributed by atoms with van der Waals surface area (Å²) in [6, 6.07) is 8.62. The van der Waals surface area contributed by atoms with E-state index in [2.05, 4.69) is 21.7 Å². The fourth-order valence-electron chi connectivity index (χ4n) is 4.13. The van der Waals surface area contributed by atoms with Gasteiger partial charge in [-0.2, -0.15) is 15.6 Å². The fraction of sp³-hybridized carbons (Fsp3) is 0.500. The predicted octanol–water partition coefficient (Wildman–Crippen LogP) is 3.27. The van der Waals surface area contributed by atoms with Crippen molar-refractivity contribution in [2.75, 3.05) is 39.3 Å². The number of sulfonamides is 1. The zero-order valence-corrected chi connectivity index (χ0v) is 18.8. The van der Waals surface area contributed by atoms with E-state index in [1.807, 2.05) is 4.90 Å². The highest BCUT2D eigenvalue weighted by molar-refractivity contribution is 7.89. The molecule has 162 valence electrons. The highest BCUT2D eigenvalue weighted by atomic mass is 32.2. The van der Waals surface area contributed by atoms with E-state index in [9.17, 15) is 13.2 Å². The number of thiophene rings is 1. The number of benzene rings is 1. The van der Waals surface area contributed by atoms with Crippen molar-refractivity contribution in [2.45, 2.75) is 37.1 Å².